The zero-order valence-electron chi connectivity index (χ0n) is 12.5. The van der Waals surface area contributed by atoms with Gasteiger partial charge in [0, 0.05) is 16.8 Å². The first-order valence-corrected chi connectivity index (χ1v) is 8.81. The second-order valence-corrected chi connectivity index (χ2v) is 6.71. The second-order valence-electron chi connectivity index (χ2n) is 4.81. The molecule has 5 nitrogen and oxygen atoms in total. The summed E-state index contributed by atoms with van der Waals surface area (Å²) in [7, 11) is 0. The Morgan fingerprint density at radius 3 is 3.00 bits per heavy atom. The molecule has 0 aliphatic carbocycles. The third-order valence-corrected chi connectivity index (χ3v) is 4.73. The molecular formula is C16H15BrN2O3S. The van der Waals surface area contributed by atoms with Crippen LogP contribution in [0.2, 0.25) is 0 Å². The second kappa shape index (κ2) is 8.18. The van der Waals surface area contributed by atoms with Crippen LogP contribution in [0.3, 0.4) is 0 Å². The van der Waals surface area contributed by atoms with Crippen molar-refractivity contribution in [3.8, 4) is 6.07 Å². The van der Waals surface area contributed by atoms with Crippen LogP contribution in [-0.4, -0.2) is 24.2 Å². The van der Waals surface area contributed by atoms with Gasteiger partial charge in [0.05, 0.1) is 29.0 Å². The molecule has 2 rings (SSSR count). The molecule has 1 amide bonds. The molecule has 1 aromatic carbocycles. The van der Waals surface area contributed by atoms with E-state index in [1.165, 1.54) is 0 Å². The number of allylic oxidation sites excluding steroid dienone is 1. The van der Waals surface area contributed by atoms with E-state index in [-0.39, 0.29) is 30.0 Å². The number of thioether (sulfide) groups is 1. The number of ether oxygens (including phenoxy) is 1. The molecule has 0 spiro atoms. The Labute approximate surface area is 147 Å². The fraction of sp³-hybridized carbons (Fsp3) is 0.312. The lowest BCUT2D eigenvalue weighted by atomic mass is 9.87. The molecular weight excluding hydrogens is 380 g/mol. The van der Waals surface area contributed by atoms with Crippen LogP contribution in [-0.2, 0) is 14.3 Å². The maximum absolute atomic E-state index is 12.0. The van der Waals surface area contributed by atoms with Crippen LogP contribution >= 0.6 is 27.7 Å². The maximum atomic E-state index is 12.0. The summed E-state index contributed by atoms with van der Waals surface area (Å²) >= 11 is 4.53. The minimum absolute atomic E-state index is 0.0554. The average molecular weight is 395 g/mol. The summed E-state index contributed by atoms with van der Waals surface area (Å²) in [6, 6.07) is 9.71. The van der Waals surface area contributed by atoms with Crippen LogP contribution in [0.25, 0.3) is 0 Å². The topological polar surface area (TPSA) is 79.2 Å². The van der Waals surface area contributed by atoms with Crippen LogP contribution in [0, 0.1) is 11.3 Å². The van der Waals surface area contributed by atoms with Gasteiger partial charge in [0.25, 0.3) is 0 Å². The standard InChI is InChI=1S/C16H15BrN2O3S/c1-2-22-15(21)9-23-16-13(8-18)12(7-14(20)19-16)10-4-3-5-11(17)6-10/h3-6,12H,2,7,9H2,1H3,(H,19,20)/t12-/m0/s1. The van der Waals surface area contributed by atoms with Crippen molar-refractivity contribution in [1.82, 2.24) is 5.32 Å². The molecule has 1 aliphatic rings. The van der Waals surface area contributed by atoms with Gasteiger partial charge in [-0.1, -0.05) is 39.8 Å². The van der Waals surface area contributed by atoms with Gasteiger partial charge in [-0.05, 0) is 24.6 Å². The Bertz CT molecular complexity index is 697. The van der Waals surface area contributed by atoms with Crippen molar-refractivity contribution in [3.63, 3.8) is 0 Å². The summed E-state index contributed by atoms with van der Waals surface area (Å²) in [5.41, 5.74) is 1.36. The number of hydrogen-bond donors (Lipinski definition) is 1. The number of hydrogen-bond acceptors (Lipinski definition) is 5. The van der Waals surface area contributed by atoms with Crippen molar-refractivity contribution >= 4 is 39.6 Å². The van der Waals surface area contributed by atoms with Gasteiger partial charge >= 0.3 is 5.97 Å². The van der Waals surface area contributed by atoms with E-state index in [2.05, 4.69) is 27.3 Å². The fourth-order valence-electron chi connectivity index (χ4n) is 2.27. The Morgan fingerprint density at radius 2 is 2.35 bits per heavy atom. The zero-order chi connectivity index (χ0) is 16.8. The summed E-state index contributed by atoms with van der Waals surface area (Å²) in [4.78, 5) is 23.5. The minimum Gasteiger partial charge on any atom is -0.465 e. The van der Waals surface area contributed by atoms with Crippen LogP contribution < -0.4 is 5.32 Å². The number of esters is 1. The molecule has 1 atom stereocenters. The highest BCUT2D eigenvalue weighted by Gasteiger charge is 2.30. The van der Waals surface area contributed by atoms with Gasteiger partial charge in [0.1, 0.15) is 0 Å². The van der Waals surface area contributed by atoms with E-state index in [4.69, 9.17) is 4.74 Å². The number of rotatable bonds is 5. The van der Waals surface area contributed by atoms with Crippen molar-refractivity contribution in [1.29, 1.82) is 5.26 Å². The SMILES string of the molecule is CCOC(=O)CSC1=C(C#N)[C@H](c2cccc(Br)c2)CC(=O)N1. The lowest BCUT2D eigenvalue weighted by molar-refractivity contribution is -0.139. The lowest BCUT2D eigenvalue weighted by Gasteiger charge is -2.25. The number of nitrogens with one attached hydrogen (secondary N) is 1. The predicted octanol–water partition coefficient (Wildman–Crippen LogP) is 3.08. The number of halogens is 1. The number of benzene rings is 1. The zero-order valence-corrected chi connectivity index (χ0v) is 14.9. The van der Waals surface area contributed by atoms with Gasteiger partial charge in [0.2, 0.25) is 5.91 Å². The summed E-state index contributed by atoms with van der Waals surface area (Å²) in [5, 5.41) is 12.6. The number of carbonyl (C=O) groups excluding carboxylic acids is 2. The van der Waals surface area contributed by atoms with Gasteiger partial charge in [-0.3, -0.25) is 9.59 Å². The normalized spacial score (nSPS) is 17.4. The number of nitrogens with zero attached hydrogens (tertiary/aromatic N) is 1. The quantitative estimate of drug-likeness (QED) is 0.776. The molecule has 1 heterocycles. The number of amides is 1. The Morgan fingerprint density at radius 1 is 1.57 bits per heavy atom. The van der Waals surface area contributed by atoms with E-state index in [1.54, 1.807) is 6.92 Å². The van der Waals surface area contributed by atoms with Crippen molar-refractivity contribution in [3.05, 3.63) is 44.9 Å². The first-order chi connectivity index (χ1) is 11.0. The van der Waals surface area contributed by atoms with Crippen LogP contribution in [0.1, 0.15) is 24.8 Å². The average Bonchev–Trinajstić information content (AvgIpc) is 2.52. The first kappa shape index (κ1) is 17.6. The van der Waals surface area contributed by atoms with E-state index in [9.17, 15) is 14.9 Å². The number of nitriles is 1. The third-order valence-electron chi connectivity index (χ3n) is 3.25. The summed E-state index contributed by atoms with van der Waals surface area (Å²) in [5.74, 6) is -0.794. The molecule has 23 heavy (non-hydrogen) atoms. The van der Waals surface area contributed by atoms with Gasteiger partial charge in [-0.15, -0.1) is 0 Å². The van der Waals surface area contributed by atoms with Gasteiger partial charge in [0.15, 0.2) is 0 Å². The summed E-state index contributed by atoms with van der Waals surface area (Å²) in [6.07, 6.45) is 0.211. The molecule has 0 saturated carbocycles. The van der Waals surface area contributed by atoms with Gasteiger partial charge < -0.3 is 10.1 Å². The highest BCUT2D eigenvalue weighted by Crippen LogP contribution is 2.36. The van der Waals surface area contributed by atoms with Crippen LogP contribution in [0.5, 0.6) is 0 Å². The summed E-state index contributed by atoms with van der Waals surface area (Å²) < 4.78 is 5.76. The molecule has 7 heteroatoms. The van der Waals surface area contributed by atoms with E-state index in [0.29, 0.717) is 17.2 Å². The summed E-state index contributed by atoms with van der Waals surface area (Å²) in [6.45, 7) is 2.03. The van der Waals surface area contributed by atoms with Gasteiger partial charge in [-0.2, -0.15) is 5.26 Å². The number of carbonyl (C=O) groups is 2. The van der Waals surface area contributed by atoms with E-state index in [0.717, 1.165) is 21.8 Å². The Balaban J connectivity index is 2.28. The molecule has 0 unspecified atom stereocenters. The molecule has 0 radical (unpaired) electrons. The fourth-order valence-corrected chi connectivity index (χ4v) is 3.57. The van der Waals surface area contributed by atoms with Crippen molar-refractivity contribution in [2.24, 2.45) is 0 Å². The van der Waals surface area contributed by atoms with Crippen molar-refractivity contribution in [2.75, 3.05) is 12.4 Å². The molecule has 0 saturated heterocycles. The molecule has 0 bridgehead atoms. The van der Waals surface area contributed by atoms with Crippen molar-refractivity contribution in [2.45, 2.75) is 19.3 Å². The molecule has 120 valence electrons. The van der Waals surface area contributed by atoms with E-state index >= 15 is 0 Å². The van der Waals surface area contributed by atoms with E-state index in [1.807, 2.05) is 24.3 Å². The third kappa shape index (κ3) is 4.60. The first-order valence-electron chi connectivity index (χ1n) is 7.03. The van der Waals surface area contributed by atoms with E-state index < -0.39 is 0 Å². The van der Waals surface area contributed by atoms with Gasteiger partial charge in [-0.25, -0.2) is 0 Å². The molecule has 1 aliphatic heterocycles. The molecule has 1 N–H and O–H groups in total. The Kier molecular flexibility index (Phi) is 6.25. The molecule has 1 aromatic rings. The van der Waals surface area contributed by atoms with Crippen LogP contribution in [0.15, 0.2) is 39.3 Å². The lowest BCUT2D eigenvalue weighted by Crippen LogP contribution is -2.31. The van der Waals surface area contributed by atoms with Crippen molar-refractivity contribution < 1.29 is 14.3 Å². The highest BCUT2D eigenvalue weighted by molar-refractivity contribution is 9.10. The molecule has 0 aromatic heterocycles. The van der Waals surface area contributed by atoms with Crippen LogP contribution in [0.4, 0.5) is 0 Å². The maximum Gasteiger partial charge on any atom is 0.316 e. The largest absolute Gasteiger partial charge is 0.465 e. The monoisotopic (exact) mass is 394 g/mol. The molecule has 0 fully saturated rings. The predicted molar refractivity (Wildman–Crippen MR) is 91.4 cm³/mol. The Hall–Kier alpha value is -1.78. The highest BCUT2D eigenvalue weighted by atomic mass is 79.9. The minimum atomic E-state index is -0.374. The smallest absolute Gasteiger partial charge is 0.316 e.